The molecular weight excluding hydrogens is 318 g/mol. The van der Waals surface area contributed by atoms with E-state index >= 15 is 0 Å². The summed E-state index contributed by atoms with van der Waals surface area (Å²) in [6.07, 6.45) is -4.32. The van der Waals surface area contributed by atoms with Crippen LogP contribution in [0.1, 0.15) is 0 Å². The van der Waals surface area contributed by atoms with Gasteiger partial charge < -0.3 is 14.2 Å². The van der Waals surface area contributed by atoms with Crippen molar-refractivity contribution in [2.75, 3.05) is 41.2 Å². The van der Waals surface area contributed by atoms with Crippen LogP contribution in [0.15, 0.2) is 0 Å². The van der Waals surface area contributed by atoms with E-state index in [2.05, 4.69) is 28.4 Å². The van der Waals surface area contributed by atoms with Gasteiger partial charge in [-0.3, -0.25) is 14.2 Å². The van der Waals surface area contributed by atoms with Gasteiger partial charge in [-0.25, -0.2) is 26.3 Å². The van der Waals surface area contributed by atoms with E-state index in [1.54, 1.807) is 0 Å². The van der Waals surface area contributed by atoms with Crippen LogP contribution in [0.2, 0.25) is 0 Å². The van der Waals surface area contributed by atoms with E-state index in [0.29, 0.717) is 0 Å². The number of halogens is 6. The first-order valence-corrected chi connectivity index (χ1v) is 5.28. The molecule has 0 aromatic carbocycles. The third kappa shape index (κ3) is 6.32. The summed E-state index contributed by atoms with van der Waals surface area (Å²) in [7, 11) is 0. The molecule has 0 aliphatic rings. The molecule has 0 aromatic heterocycles. The summed E-state index contributed by atoms with van der Waals surface area (Å²) in [5, 5.41) is 0. The molecule has 1 unspecified atom stereocenters. The second-order valence-electron chi connectivity index (χ2n) is 2.98. The Bertz CT molecular complexity index is 228. The van der Waals surface area contributed by atoms with Gasteiger partial charge in [-0.15, -0.1) is 0 Å². The van der Waals surface area contributed by atoms with E-state index in [-0.39, 0.29) is 0 Å². The molecule has 128 valence electrons. The lowest BCUT2D eigenvalue weighted by Crippen LogP contribution is -2.57. The molecule has 0 aromatic rings. The third-order valence-electron chi connectivity index (χ3n) is 2.06. The summed E-state index contributed by atoms with van der Waals surface area (Å²) < 4.78 is 99.2. The molecule has 0 radical (unpaired) electrons. The van der Waals surface area contributed by atoms with Crippen molar-refractivity contribution in [3.05, 3.63) is 0 Å². The van der Waals surface area contributed by atoms with E-state index in [1.165, 1.54) is 0 Å². The van der Waals surface area contributed by atoms with Crippen molar-refractivity contribution in [3.8, 4) is 0 Å². The Kier molecular flexibility index (Phi) is 11.6. The molecule has 0 saturated carbocycles. The predicted molar refractivity (Wildman–Crippen MR) is 52.7 cm³/mol. The van der Waals surface area contributed by atoms with Crippen LogP contribution < -0.4 is 0 Å². The molecule has 1 atom stereocenters. The van der Waals surface area contributed by atoms with Gasteiger partial charge in [-0.2, -0.15) is 0 Å². The van der Waals surface area contributed by atoms with Gasteiger partial charge >= 0.3 is 5.97 Å². The maximum Gasteiger partial charge on any atom is 0.323 e. The highest BCUT2D eigenvalue weighted by Crippen LogP contribution is 2.28. The molecule has 0 spiro atoms. The van der Waals surface area contributed by atoms with Crippen LogP contribution in [0.3, 0.4) is 0 Å². The summed E-state index contributed by atoms with van der Waals surface area (Å²) in [4.78, 5) is 0. The maximum absolute atomic E-state index is 12.4. The number of ether oxygens (including phenoxy) is 6. The number of rotatable bonds is 14. The lowest BCUT2D eigenvalue weighted by atomic mass is 10.2. The zero-order valence-corrected chi connectivity index (χ0v) is 10.6. The monoisotopic (exact) mass is 332 g/mol. The molecule has 0 N–H and O–H groups in total. The summed E-state index contributed by atoms with van der Waals surface area (Å²) in [6.45, 7) is -9.95. The lowest BCUT2D eigenvalue weighted by molar-refractivity contribution is -0.461. The normalized spacial score (nSPS) is 13.9. The average Bonchev–Trinajstić information content (AvgIpc) is 2.45. The Labute approximate surface area is 115 Å². The predicted octanol–water partition coefficient (Wildman–Crippen LogP) is 2.00. The van der Waals surface area contributed by atoms with Crippen LogP contribution >= 0.6 is 0 Å². The molecule has 0 fully saturated rings. The zero-order valence-electron chi connectivity index (χ0n) is 10.6. The van der Waals surface area contributed by atoms with E-state index in [9.17, 15) is 26.3 Å². The first kappa shape index (κ1) is 20.3. The van der Waals surface area contributed by atoms with Gasteiger partial charge in [0, 0.05) is 0 Å². The molecule has 0 aliphatic heterocycles. The van der Waals surface area contributed by atoms with Gasteiger partial charge in [0.2, 0.25) is 0 Å². The van der Waals surface area contributed by atoms with Gasteiger partial charge in [0.1, 0.15) is 0 Å². The van der Waals surface area contributed by atoms with Gasteiger partial charge in [-0.05, 0) is 0 Å². The molecule has 0 aliphatic carbocycles. The van der Waals surface area contributed by atoms with Crippen molar-refractivity contribution < 1.29 is 54.8 Å². The summed E-state index contributed by atoms with van der Waals surface area (Å²) >= 11 is 0. The third-order valence-corrected chi connectivity index (χ3v) is 2.06. The molecule has 0 bridgehead atoms. The SMILES string of the molecule is FCOC(OCF)C(OCF)C(OCF)(OCF)OCF. The highest BCUT2D eigenvalue weighted by molar-refractivity contribution is 4.75. The smallest absolute Gasteiger partial charge is 0.323 e. The van der Waals surface area contributed by atoms with Crippen LogP contribution in [-0.2, 0) is 28.4 Å². The lowest BCUT2D eigenvalue weighted by Gasteiger charge is -2.38. The second kappa shape index (κ2) is 11.9. The van der Waals surface area contributed by atoms with Crippen LogP contribution in [0.5, 0.6) is 0 Å². The minimum absolute atomic E-state index is 1.58. The average molecular weight is 332 g/mol. The maximum atomic E-state index is 12.4. The van der Waals surface area contributed by atoms with Gasteiger partial charge in [0.25, 0.3) is 0 Å². The Morgan fingerprint density at radius 2 is 0.952 bits per heavy atom. The second-order valence-corrected chi connectivity index (χ2v) is 2.98. The number of alkyl halides is 6. The van der Waals surface area contributed by atoms with Crippen molar-refractivity contribution in [3.63, 3.8) is 0 Å². The molecule has 0 heterocycles. The summed E-state index contributed by atoms with van der Waals surface area (Å²) in [6, 6.07) is 0. The quantitative estimate of drug-likeness (QED) is 0.358. The molecule has 12 heteroatoms. The fourth-order valence-corrected chi connectivity index (χ4v) is 1.36. The number of hydrogen-bond acceptors (Lipinski definition) is 6. The van der Waals surface area contributed by atoms with Crippen LogP contribution in [0, 0.1) is 0 Å². The Hall–Kier alpha value is -0.660. The Morgan fingerprint density at radius 3 is 1.24 bits per heavy atom. The number of hydrogen-bond donors (Lipinski definition) is 0. The highest BCUT2D eigenvalue weighted by Gasteiger charge is 2.51. The van der Waals surface area contributed by atoms with E-state index in [0.717, 1.165) is 0 Å². The molecular formula is C9H14F6O6. The van der Waals surface area contributed by atoms with Gasteiger partial charge in [0.15, 0.2) is 53.6 Å². The molecule has 0 rings (SSSR count). The minimum Gasteiger partial charge on any atom is -0.333 e. The van der Waals surface area contributed by atoms with Crippen LogP contribution in [0.4, 0.5) is 26.3 Å². The highest BCUT2D eigenvalue weighted by atomic mass is 19.2. The van der Waals surface area contributed by atoms with Crippen molar-refractivity contribution in [2.45, 2.75) is 18.4 Å². The molecule has 0 saturated heterocycles. The molecule has 6 nitrogen and oxygen atoms in total. The molecule has 0 amide bonds. The van der Waals surface area contributed by atoms with Crippen LogP contribution in [0.25, 0.3) is 0 Å². The zero-order chi connectivity index (χ0) is 16.1. The Balaban J connectivity index is 5.40. The van der Waals surface area contributed by atoms with Crippen LogP contribution in [-0.4, -0.2) is 59.5 Å². The fraction of sp³-hybridized carbons (Fsp3) is 1.00. The van der Waals surface area contributed by atoms with Crippen molar-refractivity contribution in [1.29, 1.82) is 0 Å². The summed E-state index contributed by atoms with van der Waals surface area (Å²) in [5.41, 5.74) is 0. The van der Waals surface area contributed by atoms with E-state index in [4.69, 9.17) is 0 Å². The minimum atomic E-state index is -3.03. The molecule has 21 heavy (non-hydrogen) atoms. The Morgan fingerprint density at radius 1 is 0.571 bits per heavy atom. The first-order chi connectivity index (χ1) is 10.2. The standard InChI is InChI=1S/C9H14F6O6/c10-1-16-7(8(17-2-11)18-3-12)9(19-4-13,20-5-14)21-6-15/h7-8H,1-6H2. The van der Waals surface area contributed by atoms with Crippen molar-refractivity contribution >= 4 is 0 Å². The first-order valence-electron chi connectivity index (χ1n) is 5.28. The van der Waals surface area contributed by atoms with Crippen molar-refractivity contribution in [1.82, 2.24) is 0 Å². The van der Waals surface area contributed by atoms with Crippen molar-refractivity contribution in [2.24, 2.45) is 0 Å². The van der Waals surface area contributed by atoms with Gasteiger partial charge in [0.05, 0.1) is 0 Å². The van der Waals surface area contributed by atoms with E-state index in [1.807, 2.05) is 0 Å². The topological polar surface area (TPSA) is 55.4 Å². The fourth-order valence-electron chi connectivity index (χ4n) is 1.36. The largest absolute Gasteiger partial charge is 0.333 e. The van der Waals surface area contributed by atoms with E-state index < -0.39 is 59.5 Å². The summed E-state index contributed by atoms with van der Waals surface area (Å²) in [5.74, 6) is -3.03. The van der Waals surface area contributed by atoms with Gasteiger partial charge in [-0.1, -0.05) is 0 Å².